The number of para-hydroxylation sites is 1. The van der Waals surface area contributed by atoms with Crippen molar-refractivity contribution in [3.8, 4) is 0 Å². The monoisotopic (exact) mass is 203 g/mol. The van der Waals surface area contributed by atoms with Gasteiger partial charge in [-0.15, -0.1) is 0 Å². The minimum Gasteiger partial charge on any atom is -0.422 e. The molecule has 4 nitrogen and oxygen atoms in total. The minimum absolute atomic E-state index is 0.315. The predicted octanol–water partition coefficient (Wildman–Crippen LogP) is 1.69. The van der Waals surface area contributed by atoms with Crippen molar-refractivity contribution in [2.75, 3.05) is 12.0 Å². The van der Waals surface area contributed by atoms with E-state index >= 15 is 0 Å². The quantitative estimate of drug-likeness (QED) is 0.662. The molecule has 0 atom stereocenters. The molecular formula is C11H9NO3. The first-order valence-electron chi connectivity index (χ1n) is 4.72. The zero-order valence-electron chi connectivity index (χ0n) is 7.95. The van der Waals surface area contributed by atoms with Gasteiger partial charge in [0, 0.05) is 5.39 Å². The molecule has 2 heterocycles. The van der Waals surface area contributed by atoms with Gasteiger partial charge in [-0.05, 0) is 12.1 Å². The maximum absolute atomic E-state index is 11.6. The van der Waals surface area contributed by atoms with Crippen LogP contribution < -0.4 is 10.9 Å². The van der Waals surface area contributed by atoms with Crippen molar-refractivity contribution in [1.82, 2.24) is 0 Å². The second-order valence-corrected chi connectivity index (χ2v) is 3.41. The third-order valence-corrected chi connectivity index (χ3v) is 2.50. The fourth-order valence-corrected chi connectivity index (χ4v) is 1.80. The lowest BCUT2D eigenvalue weighted by Gasteiger charge is -2.18. The average molecular weight is 203 g/mol. The molecule has 4 heteroatoms. The fourth-order valence-electron chi connectivity index (χ4n) is 1.80. The minimum atomic E-state index is -0.323. The molecule has 0 saturated carbocycles. The Labute approximate surface area is 85.5 Å². The summed E-state index contributed by atoms with van der Waals surface area (Å²) in [5.41, 5.74) is 1.69. The van der Waals surface area contributed by atoms with E-state index in [0.29, 0.717) is 24.5 Å². The van der Waals surface area contributed by atoms with Gasteiger partial charge >= 0.3 is 5.63 Å². The Kier molecular flexibility index (Phi) is 1.76. The van der Waals surface area contributed by atoms with Crippen LogP contribution in [0.4, 0.5) is 5.69 Å². The molecule has 0 amide bonds. The second kappa shape index (κ2) is 3.10. The van der Waals surface area contributed by atoms with Crippen molar-refractivity contribution in [2.45, 2.75) is 6.61 Å². The van der Waals surface area contributed by atoms with Gasteiger partial charge in [0.25, 0.3) is 0 Å². The Morgan fingerprint density at radius 2 is 2.13 bits per heavy atom. The Hall–Kier alpha value is -1.81. The highest BCUT2D eigenvalue weighted by Gasteiger charge is 2.17. The van der Waals surface area contributed by atoms with Crippen LogP contribution in [0.3, 0.4) is 0 Å². The van der Waals surface area contributed by atoms with Crippen LogP contribution in [0.2, 0.25) is 0 Å². The number of anilines is 1. The van der Waals surface area contributed by atoms with E-state index < -0.39 is 0 Å². The van der Waals surface area contributed by atoms with E-state index in [1.54, 1.807) is 6.07 Å². The molecule has 1 aromatic carbocycles. The van der Waals surface area contributed by atoms with Gasteiger partial charge in [-0.3, -0.25) is 0 Å². The van der Waals surface area contributed by atoms with Gasteiger partial charge in [-0.25, -0.2) is 4.79 Å². The van der Waals surface area contributed by atoms with Gasteiger partial charge in [-0.1, -0.05) is 12.1 Å². The summed E-state index contributed by atoms with van der Waals surface area (Å²) in [7, 11) is 0. The van der Waals surface area contributed by atoms with E-state index in [9.17, 15) is 4.79 Å². The van der Waals surface area contributed by atoms with Crippen LogP contribution in [0.5, 0.6) is 0 Å². The normalized spacial score (nSPS) is 14.7. The van der Waals surface area contributed by atoms with Gasteiger partial charge in [-0.2, -0.15) is 0 Å². The van der Waals surface area contributed by atoms with Crippen LogP contribution in [0.1, 0.15) is 5.56 Å². The van der Waals surface area contributed by atoms with Crippen molar-refractivity contribution >= 4 is 16.7 Å². The number of nitrogens with one attached hydrogen (secondary N) is 1. The number of fused-ring (bicyclic) bond motifs is 3. The summed E-state index contributed by atoms with van der Waals surface area (Å²) in [6, 6.07) is 7.47. The molecule has 0 spiro atoms. The molecule has 3 rings (SSSR count). The Morgan fingerprint density at radius 1 is 1.27 bits per heavy atom. The summed E-state index contributed by atoms with van der Waals surface area (Å²) in [6.45, 7) is 0.746. The second-order valence-electron chi connectivity index (χ2n) is 3.41. The molecule has 0 fully saturated rings. The first-order valence-corrected chi connectivity index (χ1v) is 4.72. The Morgan fingerprint density at radius 3 is 3.07 bits per heavy atom. The van der Waals surface area contributed by atoms with Crippen molar-refractivity contribution in [2.24, 2.45) is 0 Å². The third-order valence-electron chi connectivity index (χ3n) is 2.50. The van der Waals surface area contributed by atoms with E-state index in [1.165, 1.54) is 0 Å². The largest absolute Gasteiger partial charge is 0.422 e. The molecule has 0 radical (unpaired) electrons. The molecule has 1 N–H and O–H groups in total. The number of rotatable bonds is 0. The van der Waals surface area contributed by atoms with E-state index in [-0.39, 0.29) is 5.63 Å². The molecule has 0 bridgehead atoms. The van der Waals surface area contributed by atoms with E-state index in [0.717, 1.165) is 11.1 Å². The van der Waals surface area contributed by atoms with E-state index in [1.807, 2.05) is 18.2 Å². The highest BCUT2D eigenvalue weighted by atomic mass is 16.5. The molecule has 1 aliphatic heterocycles. The maximum atomic E-state index is 11.6. The number of ether oxygens (including phenoxy) is 1. The van der Waals surface area contributed by atoms with E-state index in [2.05, 4.69) is 5.32 Å². The summed E-state index contributed by atoms with van der Waals surface area (Å²) < 4.78 is 10.3. The van der Waals surface area contributed by atoms with Crippen molar-refractivity contribution < 1.29 is 9.15 Å². The summed E-state index contributed by atoms with van der Waals surface area (Å²) in [5.74, 6) is 0. The zero-order valence-corrected chi connectivity index (χ0v) is 7.95. The van der Waals surface area contributed by atoms with Crippen LogP contribution in [-0.4, -0.2) is 6.73 Å². The highest BCUT2D eigenvalue weighted by molar-refractivity contribution is 5.91. The zero-order chi connectivity index (χ0) is 10.3. The molecule has 0 saturated heterocycles. The van der Waals surface area contributed by atoms with Gasteiger partial charge in [0.05, 0.1) is 17.9 Å². The van der Waals surface area contributed by atoms with Gasteiger partial charge in [0.1, 0.15) is 12.3 Å². The Balaban J connectivity index is 2.44. The first-order chi connectivity index (χ1) is 7.36. The van der Waals surface area contributed by atoms with Crippen LogP contribution in [-0.2, 0) is 11.3 Å². The summed E-state index contributed by atoms with van der Waals surface area (Å²) in [4.78, 5) is 11.6. The third kappa shape index (κ3) is 1.22. The fraction of sp³-hybridized carbons (Fsp3) is 0.182. The lowest BCUT2D eigenvalue weighted by Crippen LogP contribution is -2.21. The van der Waals surface area contributed by atoms with Gasteiger partial charge in [0.2, 0.25) is 0 Å². The maximum Gasteiger partial charge on any atom is 0.343 e. The van der Waals surface area contributed by atoms with Crippen LogP contribution in [0.15, 0.2) is 33.5 Å². The standard InChI is InChI=1S/C11H9NO3/c13-11-8-5-14-6-12-10(8)7-3-1-2-4-9(7)15-11/h1-4,12H,5-6H2. The predicted molar refractivity (Wildman–Crippen MR) is 55.8 cm³/mol. The highest BCUT2D eigenvalue weighted by Crippen LogP contribution is 2.27. The summed E-state index contributed by atoms with van der Waals surface area (Å²) in [6.07, 6.45) is 0. The summed E-state index contributed by atoms with van der Waals surface area (Å²) >= 11 is 0. The number of hydrogen-bond donors (Lipinski definition) is 1. The Bertz CT molecular complexity index is 574. The average Bonchev–Trinajstić information content (AvgIpc) is 2.30. The SMILES string of the molecule is O=c1oc2ccccc2c2c1COCN2. The molecule has 0 unspecified atom stereocenters. The molecular weight excluding hydrogens is 194 g/mol. The lowest BCUT2D eigenvalue weighted by atomic mass is 10.1. The van der Waals surface area contributed by atoms with Crippen LogP contribution in [0.25, 0.3) is 11.0 Å². The molecule has 2 aromatic rings. The van der Waals surface area contributed by atoms with Crippen molar-refractivity contribution in [1.29, 1.82) is 0 Å². The molecule has 76 valence electrons. The smallest absolute Gasteiger partial charge is 0.343 e. The van der Waals surface area contributed by atoms with Crippen molar-refractivity contribution in [3.05, 3.63) is 40.2 Å². The van der Waals surface area contributed by atoms with Gasteiger partial charge < -0.3 is 14.5 Å². The van der Waals surface area contributed by atoms with E-state index in [4.69, 9.17) is 9.15 Å². The topological polar surface area (TPSA) is 51.5 Å². The summed E-state index contributed by atoms with van der Waals surface area (Å²) in [5, 5.41) is 3.99. The number of benzene rings is 1. The van der Waals surface area contributed by atoms with Gasteiger partial charge in [0.15, 0.2) is 0 Å². The molecule has 1 aromatic heterocycles. The first kappa shape index (κ1) is 8.49. The lowest BCUT2D eigenvalue weighted by molar-refractivity contribution is 0.128. The molecule has 0 aliphatic carbocycles. The van der Waals surface area contributed by atoms with Crippen LogP contribution >= 0.6 is 0 Å². The molecule has 15 heavy (non-hydrogen) atoms. The van der Waals surface area contributed by atoms with Crippen molar-refractivity contribution in [3.63, 3.8) is 0 Å². The number of hydrogen-bond acceptors (Lipinski definition) is 4. The molecule has 1 aliphatic rings. The van der Waals surface area contributed by atoms with Crippen LogP contribution in [0, 0.1) is 0 Å².